The summed E-state index contributed by atoms with van der Waals surface area (Å²) in [6.45, 7) is 3.19. The van der Waals surface area contributed by atoms with Crippen LogP contribution >= 0.6 is 0 Å². The maximum absolute atomic E-state index is 11.7. The average molecular weight is 262 g/mol. The fourth-order valence-electron chi connectivity index (χ4n) is 2.12. The van der Waals surface area contributed by atoms with Crippen LogP contribution in [0.3, 0.4) is 0 Å². The maximum Gasteiger partial charge on any atom is 0.234 e. The standard InChI is InChI=1S/C15H22N2O2/c1-11-4-7-14(19-3)12(8-11)9-17(2)10-15(18)16-13-5-6-13/h4,7-8,13H,5-6,9-10H2,1-3H3,(H,16,18). The summed E-state index contributed by atoms with van der Waals surface area (Å²) in [4.78, 5) is 13.7. The lowest BCUT2D eigenvalue weighted by molar-refractivity contribution is -0.122. The van der Waals surface area contributed by atoms with E-state index in [2.05, 4.69) is 18.3 Å². The number of carbonyl (C=O) groups is 1. The fraction of sp³-hybridized carbons (Fsp3) is 0.533. The molecule has 0 spiro atoms. The van der Waals surface area contributed by atoms with E-state index in [1.165, 1.54) is 5.56 Å². The highest BCUT2D eigenvalue weighted by molar-refractivity contribution is 5.78. The summed E-state index contributed by atoms with van der Waals surface area (Å²) in [5.41, 5.74) is 2.32. The molecule has 1 aliphatic carbocycles. The predicted octanol–water partition coefficient (Wildman–Crippen LogP) is 1.71. The third kappa shape index (κ3) is 4.24. The van der Waals surface area contributed by atoms with Crippen molar-refractivity contribution in [1.82, 2.24) is 10.2 Å². The summed E-state index contributed by atoms with van der Waals surface area (Å²) >= 11 is 0. The molecular formula is C15H22N2O2. The Morgan fingerprint density at radius 1 is 1.47 bits per heavy atom. The van der Waals surface area contributed by atoms with E-state index in [4.69, 9.17) is 4.74 Å². The molecule has 104 valence electrons. The second-order valence-corrected chi connectivity index (χ2v) is 5.33. The van der Waals surface area contributed by atoms with Crippen molar-refractivity contribution in [2.24, 2.45) is 0 Å². The van der Waals surface area contributed by atoms with Gasteiger partial charge in [-0.25, -0.2) is 0 Å². The van der Waals surface area contributed by atoms with Crippen LogP contribution in [0.15, 0.2) is 18.2 Å². The molecule has 0 saturated heterocycles. The summed E-state index contributed by atoms with van der Waals surface area (Å²) in [7, 11) is 3.63. The van der Waals surface area contributed by atoms with Crippen LogP contribution in [-0.2, 0) is 11.3 Å². The SMILES string of the molecule is COc1ccc(C)cc1CN(C)CC(=O)NC1CC1. The lowest BCUT2D eigenvalue weighted by Crippen LogP contribution is -2.36. The van der Waals surface area contributed by atoms with Crippen molar-refractivity contribution in [2.45, 2.75) is 32.4 Å². The summed E-state index contributed by atoms with van der Waals surface area (Å²) in [5, 5.41) is 3.00. The largest absolute Gasteiger partial charge is 0.496 e. The Morgan fingerprint density at radius 3 is 2.84 bits per heavy atom. The van der Waals surface area contributed by atoms with Crippen LogP contribution in [0, 0.1) is 6.92 Å². The van der Waals surface area contributed by atoms with E-state index in [1.54, 1.807) is 7.11 Å². The van der Waals surface area contributed by atoms with Gasteiger partial charge >= 0.3 is 0 Å². The lowest BCUT2D eigenvalue weighted by Gasteiger charge is -2.18. The molecular weight excluding hydrogens is 240 g/mol. The topological polar surface area (TPSA) is 41.6 Å². The monoisotopic (exact) mass is 262 g/mol. The number of aryl methyl sites for hydroxylation is 1. The summed E-state index contributed by atoms with van der Waals surface area (Å²) < 4.78 is 5.35. The quantitative estimate of drug-likeness (QED) is 0.848. The first kappa shape index (κ1) is 13.9. The van der Waals surface area contributed by atoms with Gasteiger partial charge in [0.2, 0.25) is 5.91 Å². The van der Waals surface area contributed by atoms with Crippen LogP contribution < -0.4 is 10.1 Å². The number of hydrogen-bond acceptors (Lipinski definition) is 3. The molecule has 0 atom stereocenters. The molecule has 0 unspecified atom stereocenters. The molecule has 0 radical (unpaired) electrons. The van der Waals surface area contributed by atoms with Gasteiger partial charge in [-0.3, -0.25) is 9.69 Å². The van der Waals surface area contributed by atoms with E-state index >= 15 is 0 Å². The van der Waals surface area contributed by atoms with Crippen molar-refractivity contribution >= 4 is 5.91 Å². The molecule has 4 heteroatoms. The Kier molecular flexibility index (Phi) is 4.43. The van der Waals surface area contributed by atoms with Crippen molar-refractivity contribution < 1.29 is 9.53 Å². The van der Waals surface area contributed by atoms with E-state index in [0.717, 1.165) is 24.2 Å². The number of carbonyl (C=O) groups excluding carboxylic acids is 1. The van der Waals surface area contributed by atoms with E-state index in [-0.39, 0.29) is 5.91 Å². The van der Waals surface area contributed by atoms with Gasteiger partial charge in [0.15, 0.2) is 0 Å². The Hall–Kier alpha value is -1.55. The van der Waals surface area contributed by atoms with Crippen molar-refractivity contribution in [3.8, 4) is 5.75 Å². The highest BCUT2D eigenvalue weighted by Crippen LogP contribution is 2.21. The first-order chi connectivity index (χ1) is 9.08. The molecule has 1 saturated carbocycles. The molecule has 1 amide bonds. The molecule has 0 bridgehead atoms. The van der Waals surface area contributed by atoms with E-state index in [0.29, 0.717) is 19.1 Å². The Bertz CT molecular complexity index is 455. The minimum absolute atomic E-state index is 0.108. The molecule has 4 nitrogen and oxygen atoms in total. The van der Waals surface area contributed by atoms with Gasteiger partial charge in [0, 0.05) is 18.2 Å². The molecule has 1 aromatic rings. The van der Waals surface area contributed by atoms with Gasteiger partial charge in [-0.15, -0.1) is 0 Å². The zero-order valence-electron chi connectivity index (χ0n) is 11.9. The summed E-state index contributed by atoms with van der Waals surface area (Å²) in [6.07, 6.45) is 2.25. The second-order valence-electron chi connectivity index (χ2n) is 5.33. The van der Waals surface area contributed by atoms with Gasteiger partial charge in [-0.05, 0) is 32.9 Å². The third-order valence-electron chi connectivity index (χ3n) is 3.23. The molecule has 1 fully saturated rings. The van der Waals surface area contributed by atoms with Gasteiger partial charge in [0.1, 0.15) is 5.75 Å². The first-order valence-corrected chi connectivity index (χ1v) is 6.70. The minimum Gasteiger partial charge on any atom is -0.496 e. The molecule has 2 rings (SSSR count). The normalized spacial score (nSPS) is 14.5. The van der Waals surface area contributed by atoms with E-state index < -0.39 is 0 Å². The first-order valence-electron chi connectivity index (χ1n) is 6.70. The number of ether oxygens (including phenoxy) is 1. The zero-order valence-corrected chi connectivity index (χ0v) is 11.9. The molecule has 1 aliphatic rings. The van der Waals surface area contributed by atoms with Crippen LogP contribution in [0.1, 0.15) is 24.0 Å². The minimum atomic E-state index is 0.108. The Labute approximate surface area is 114 Å². The molecule has 19 heavy (non-hydrogen) atoms. The van der Waals surface area contributed by atoms with Crippen molar-refractivity contribution in [3.63, 3.8) is 0 Å². The van der Waals surface area contributed by atoms with Gasteiger partial charge < -0.3 is 10.1 Å². The molecule has 1 aromatic carbocycles. The van der Waals surface area contributed by atoms with Crippen LogP contribution in [0.5, 0.6) is 5.75 Å². The average Bonchev–Trinajstić information content (AvgIpc) is 3.12. The van der Waals surface area contributed by atoms with Crippen molar-refractivity contribution in [2.75, 3.05) is 20.7 Å². The third-order valence-corrected chi connectivity index (χ3v) is 3.23. The van der Waals surface area contributed by atoms with E-state index in [9.17, 15) is 4.79 Å². The Balaban J connectivity index is 1.91. The zero-order chi connectivity index (χ0) is 13.8. The van der Waals surface area contributed by atoms with Crippen LogP contribution in [0.2, 0.25) is 0 Å². The lowest BCUT2D eigenvalue weighted by atomic mass is 10.1. The van der Waals surface area contributed by atoms with Crippen LogP contribution in [0.4, 0.5) is 0 Å². The molecule has 0 aromatic heterocycles. The van der Waals surface area contributed by atoms with Crippen LogP contribution in [-0.4, -0.2) is 37.6 Å². The number of amides is 1. The number of rotatable bonds is 6. The number of likely N-dealkylation sites (N-methyl/N-ethyl adjacent to an activating group) is 1. The second kappa shape index (κ2) is 6.06. The molecule has 1 N–H and O–H groups in total. The maximum atomic E-state index is 11.7. The number of hydrogen-bond donors (Lipinski definition) is 1. The highest BCUT2D eigenvalue weighted by atomic mass is 16.5. The number of nitrogens with zero attached hydrogens (tertiary/aromatic N) is 1. The van der Waals surface area contributed by atoms with E-state index in [1.807, 2.05) is 24.1 Å². The van der Waals surface area contributed by atoms with Crippen molar-refractivity contribution in [3.05, 3.63) is 29.3 Å². The Morgan fingerprint density at radius 2 is 2.21 bits per heavy atom. The summed E-state index contributed by atoms with van der Waals surface area (Å²) in [6, 6.07) is 6.54. The molecule has 0 aliphatic heterocycles. The predicted molar refractivity (Wildman–Crippen MR) is 75.2 cm³/mol. The van der Waals surface area contributed by atoms with Gasteiger partial charge in [-0.1, -0.05) is 17.7 Å². The van der Waals surface area contributed by atoms with Gasteiger partial charge in [0.05, 0.1) is 13.7 Å². The van der Waals surface area contributed by atoms with Gasteiger partial charge in [-0.2, -0.15) is 0 Å². The van der Waals surface area contributed by atoms with Crippen LogP contribution in [0.25, 0.3) is 0 Å². The van der Waals surface area contributed by atoms with Crippen molar-refractivity contribution in [1.29, 1.82) is 0 Å². The highest BCUT2D eigenvalue weighted by Gasteiger charge is 2.23. The number of benzene rings is 1. The van der Waals surface area contributed by atoms with Gasteiger partial charge in [0.25, 0.3) is 0 Å². The smallest absolute Gasteiger partial charge is 0.234 e. The number of nitrogens with one attached hydrogen (secondary N) is 1. The summed E-state index contributed by atoms with van der Waals surface area (Å²) in [5.74, 6) is 0.983. The molecule has 0 heterocycles. The fourth-order valence-corrected chi connectivity index (χ4v) is 2.12. The number of methoxy groups -OCH3 is 1.